The number of hydrogen-bond donors (Lipinski definition) is 1. The number of hydrogen-bond acceptors (Lipinski definition) is 3. The van der Waals surface area contributed by atoms with Crippen molar-refractivity contribution in [2.75, 3.05) is 11.9 Å². The summed E-state index contributed by atoms with van der Waals surface area (Å²) in [6.45, 7) is -0.204. The highest BCUT2D eigenvalue weighted by Gasteiger charge is 2.40. The molecule has 1 N–H and O–H groups in total. The molecule has 3 atom stereocenters. The average molecular weight is 413 g/mol. The van der Waals surface area contributed by atoms with Crippen LogP contribution < -0.4 is 5.32 Å². The van der Waals surface area contributed by atoms with E-state index < -0.39 is 0 Å². The molecule has 2 fully saturated rings. The van der Waals surface area contributed by atoms with E-state index in [-0.39, 0.29) is 18.5 Å². The van der Waals surface area contributed by atoms with Crippen molar-refractivity contribution in [3.8, 4) is 0 Å². The number of carbonyl (C=O) groups is 2. The summed E-state index contributed by atoms with van der Waals surface area (Å²) >= 11 is 2.16. The zero-order chi connectivity index (χ0) is 15.5. The first kappa shape index (κ1) is 15.8. The van der Waals surface area contributed by atoms with E-state index >= 15 is 0 Å². The van der Waals surface area contributed by atoms with Crippen molar-refractivity contribution >= 4 is 40.2 Å². The van der Waals surface area contributed by atoms with Crippen LogP contribution in [0.25, 0.3) is 0 Å². The highest BCUT2D eigenvalue weighted by Crippen LogP contribution is 2.49. The van der Waals surface area contributed by atoms with Gasteiger partial charge in [0.2, 0.25) is 0 Å². The third-order valence-corrected chi connectivity index (χ3v) is 5.77. The van der Waals surface area contributed by atoms with Crippen LogP contribution in [-0.2, 0) is 14.3 Å². The van der Waals surface area contributed by atoms with Crippen LogP contribution in [0, 0.1) is 21.3 Å². The van der Waals surface area contributed by atoms with E-state index in [0.717, 1.165) is 21.6 Å². The Morgan fingerprint density at radius 3 is 2.73 bits per heavy atom. The number of carbonyl (C=O) groups excluding carboxylic acids is 2. The van der Waals surface area contributed by atoms with Gasteiger partial charge in [0.15, 0.2) is 6.61 Å². The molecule has 0 spiro atoms. The number of anilines is 1. The van der Waals surface area contributed by atoms with Gasteiger partial charge in [-0.05, 0) is 71.7 Å². The van der Waals surface area contributed by atoms with E-state index in [1.165, 1.54) is 19.3 Å². The Labute approximate surface area is 144 Å². The second-order valence-corrected chi connectivity index (χ2v) is 7.49. The fourth-order valence-electron chi connectivity index (χ4n) is 3.79. The van der Waals surface area contributed by atoms with E-state index in [1.807, 2.05) is 24.3 Å². The maximum atomic E-state index is 11.9. The van der Waals surface area contributed by atoms with Crippen molar-refractivity contribution in [2.24, 2.45) is 17.8 Å². The summed E-state index contributed by atoms with van der Waals surface area (Å²) in [4.78, 5) is 23.7. The van der Waals surface area contributed by atoms with Gasteiger partial charge in [0.05, 0.1) is 5.69 Å². The fraction of sp³-hybridized carbons (Fsp3) is 0.529. The average Bonchev–Trinajstić information content (AvgIpc) is 3.10. The first-order valence-electron chi connectivity index (χ1n) is 7.82. The molecule has 5 heteroatoms. The number of ether oxygens (including phenoxy) is 1. The van der Waals surface area contributed by atoms with Gasteiger partial charge in [0, 0.05) is 9.99 Å². The quantitative estimate of drug-likeness (QED) is 0.593. The monoisotopic (exact) mass is 413 g/mol. The minimum atomic E-state index is -0.287. The summed E-state index contributed by atoms with van der Waals surface area (Å²) in [5.74, 6) is 1.48. The molecule has 4 nitrogen and oxygen atoms in total. The van der Waals surface area contributed by atoms with Gasteiger partial charge in [0.1, 0.15) is 0 Å². The van der Waals surface area contributed by atoms with Gasteiger partial charge in [-0.25, -0.2) is 0 Å². The van der Waals surface area contributed by atoms with E-state index in [9.17, 15) is 9.59 Å². The van der Waals surface area contributed by atoms with Crippen LogP contribution in [0.2, 0.25) is 0 Å². The summed E-state index contributed by atoms with van der Waals surface area (Å²) in [5, 5.41) is 2.76. The molecule has 0 unspecified atom stereocenters. The van der Waals surface area contributed by atoms with Crippen molar-refractivity contribution in [1.29, 1.82) is 0 Å². The van der Waals surface area contributed by atoms with E-state index in [0.29, 0.717) is 18.3 Å². The number of amides is 1. The molecule has 3 rings (SSSR count). The largest absolute Gasteiger partial charge is 0.456 e. The molecule has 0 radical (unpaired) electrons. The molecule has 1 aromatic carbocycles. The van der Waals surface area contributed by atoms with E-state index in [4.69, 9.17) is 4.74 Å². The Kier molecular flexibility index (Phi) is 5.00. The minimum Gasteiger partial charge on any atom is -0.456 e. The normalized spacial score (nSPS) is 26.0. The fourth-order valence-corrected chi connectivity index (χ4v) is 4.32. The van der Waals surface area contributed by atoms with Crippen LogP contribution in [0.1, 0.15) is 32.1 Å². The van der Waals surface area contributed by atoms with Gasteiger partial charge < -0.3 is 10.1 Å². The molecule has 2 bridgehead atoms. The molecule has 0 saturated heterocycles. The molecule has 22 heavy (non-hydrogen) atoms. The van der Waals surface area contributed by atoms with Gasteiger partial charge in [-0.3, -0.25) is 9.59 Å². The number of para-hydroxylation sites is 1. The lowest BCUT2D eigenvalue weighted by molar-refractivity contribution is -0.148. The number of halogens is 1. The van der Waals surface area contributed by atoms with Crippen LogP contribution in [0.3, 0.4) is 0 Å². The molecular weight excluding hydrogens is 393 g/mol. The molecule has 1 amide bonds. The smallest absolute Gasteiger partial charge is 0.306 e. The maximum absolute atomic E-state index is 11.9. The molecule has 1 aromatic rings. The van der Waals surface area contributed by atoms with Crippen LogP contribution >= 0.6 is 22.6 Å². The lowest BCUT2D eigenvalue weighted by Gasteiger charge is -2.20. The van der Waals surface area contributed by atoms with E-state index in [1.54, 1.807) is 0 Å². The third kappa shape index (κ3) is 3.80. The summed E-state index contributed by atoms with van der Waals surface area (Å²) < 4.78 is 6.09. The zero-order valence-corrected chi connectivity index (χ0v) is 14.5. The first-order valence-corrected chi connectivity index (χ1v) is 8.89. The van der Waals surface area contributed by atoms with Crippen molar-refractivity contribution in [1.82, 2.24) is 0 Å². The van der Waals surface area contributed by atoms with Crippen molar-refractivity contribution < 1.29 is 14.3 Å². The predicted molar refractivity (Wildman–Crippen MR) is 92.3 cm³/mol. The van der Waals surface area contributed by atoms with Gasteiger partial charge in [-0.2, -0.15) is 0 Å². The van der Waals surface area contributed by atoms with Crippen LogP contribution in [0.5, 0.6) is 0 Å². The third-order valence-electron chi connectivity index (χ3n) is 4.83. The van der Waals surface area contributed by atoms with Gasteiger partial charge >= 0.3 is 5.97 Å². The number of esters is 1. The standard InChI is InChI=1S/C17H20INO3/c18-14-3-1-2-4-15(14)19-16(20)10-22-17(21)9-13-8-11-5-6-12(13)7-11/h1-4,11-13H,5-10H2,(H,19,20)/t11-,12+,13-/m0/s1. The Morgan fingerprint density at radius 2 is 2.05 bits per heavy atom. The lowest BCUT2D eigenvalue weighted by Crippen LogP contribution is -2.23. The molecule has 2 saturated carbocycles. The Bertz CT molecular complexity index is 575. The summed E-state index contributed by atoms with van der Waals surface area (Å²) in [7, 11) is 0. The Morgan fingerprint density at radius 1 is 1.23 bits per heavy atom. The number of benzene rings is 1. The summed E-state index contributed by atoms with van der Waals surface area (Å²) in [5.41, 5.74) is 0.747. The number of fused-ring (bicyclic) bond motifs is 2. The van der Waals surface area contributed by atoms with E-state index in [2.05, 4.69) is 27.9 Å². The molecule has 0 heterocycles. The Hall–Kier alpha value is -1.11. The van der Waals surface area contributed by atoms with Gasteiger partial charge in [-0.15, -0.1) is 0 Å². The van der Waals surface area contributed by atoms with Crippen LogP contribution in [0.15, 0.2) is 24.3 Å². The molecule has 2 aliphatic carbocycles. The van der Waals surface area contributed by atoms with Crippen molar-refractivity contribution in [2.45, 2.75) is 32.1 Å². The van der Waals surface area contributed by atoms with Crippen molar-refractivity contribution in [3.05, 3.63) is 27.8 Å². The predicted octanol–water partition coefficient (Wildman–Crippen LogP) is 3.60. The first-order chi connectivity index (χ1) is 10.6. The zero-order valence-electron chi connectivity index (χ0n) is 12.4. The molecule has 0 aromatic heterocycles. The Balaban J connectivity index is 1.41. The topological polar surface area (TPSA) is 55.4 Å². The number of nitrogens with one attached hydrogen (secondary N) is 1. The van der Waals surface area contributed by atoms with Crippen molar-refractivity contribution in [3.63, 3.8) is 0 Å². The summed E-state index contributed by atoms with van der Waals surface area (Å²) in [6, 6.07) is 7.51. The molecule has 0 aliphatic heterocycles. The van der Waals surface area contributed by atoms with Crippen LogP contribution in [0.4, 0.5) is 5.69 Å². The highest BCUT2D eigenvalue weighted by molar-refractivity contribution is 14.1. The second kappa shape index (κ2) is 6.98. The van der Waals surface area contributed by atoms with Gasteiger partial charge in [-0.1, -0.05) is 18.6 Å². The lowest BCUT2D eigenvalue weighted by atomic mass is 9.86. The minimum absolute atomic E-state index is 0.204. The molecule has 118 valence electrons. The number of rotatable bonds is 5. The van der Waals surface area contributed by atoms with Gasteiger partial charge in [0.25, 0.3) is 5.91 Å². The maximum Gasteiger partial charge on any atom is 0.306 e. The summed E-state index contributed by atoms with van der Waals surface area (Å²) in [6.07, 6.45) is 5.50. The SMILES string of the molecule is O=C(COC(=O)C[C@@H]1C[C@H]2CC[C@@H]1C2)Nc1ccccc1I. The molecule has 2 aliphatic rings. The second-order valence-electron chi connectivity index (χ2n) is 6.33. The molecular formula is C17H20INO3. The van der Waals surface area contributed by atoms with Crippen LogP contribution in [-0.4, -0.2) is 18.5 Å². The highest BCUT2D eigenvalue weighted by atomic mass is 127.